The van der Waals surface area contributed by atoms with Crippen molar-refractivity contribution in [3.8, 4) is 5.75 Å². The fourth-order valence-corrected chi connectivity index (χ4v) is 3.04. The summed E-state index contributed by atoms with van der Waals surface area (Å²) in [6.07, 6.45) is -1.45. The van der Waals surface area contributed by atoms with E-state index in [1.54, 1.807) is 39.8 Å². The predicted molar refractivity (Wildman–Crippen MR) is 134 cm³/mol. The van der Waals surface area contributed by atoms with Crippen molar-refractivity contribution in [2.24, 2.45) is 0 Å². The van der Waals surface area contributed by atoms with Gasteiger partial charge in [0, 0.05) is 5.56 Å². The van der Waals surface area contributed by atoms with Gasteiger partial charge in [0.15, 0.2) is 5.78 Å². The molecule has 0 saturated carbocycles. The molecule has 0 fully saturated rings. The molecule has 198 valence electrons. The highest BCUT2D eigenvalue weighted by Gasteiger charge is 2.28. The summed E-state index contributed by atoms with van der Waals surface area (Å²) >= 11 is 0. The smallest absolute Gasteiger partial charge is 0.408 e. The molecule has 11 nitrogen and oxygen atoms in total. The zero-order valence-electron chi connectivity index (χ0n) is 21.1. The summed E-state index contributed by atoms with van der Waals surface area (Å²) in [6.45, 7) is 6.32. The summed E-state index contributed by atoms with van der Waals surface area (Å²) in [7, 11) is 0. The van der Waals surface area contributed by atoms with Crippen LogP contribution < -0.4 is 16.0 Å². The zero-order chi connectivity index (χ0) is 27.6. The van der Waals surface area contributed by atoms with Gasteiger partial charge < -0.3 is 30.5 Å². The number of Topliss-reactive ketones (excluding diaryl/α,β-unsaturated/α-hetero) is 1. The lowest BCUT2D eigenvalue weighted by Crippen LogP contribution is -2.48. The highest BCUT2D eigenvalue weighted by atomic mass is 16.6. The molecule has 0 aliphatic heterocycles. The maximum atomic E-state index is 13.1. The van der Waals surface area contributed by atoms with Crippen molar-refractivity contribution < 1.29 is 38.6 Å². The number of alkyl carbamates (subject to hydrolysis) is 1. The summed E-state index contributed by atoms with van der Waals surface area (Å²) in [5, 5.41) is 16.7. The Kier molecular flexibility index (Phi) is 10.2. The summed E-state index contributed by atoms with van der Waals surface area (Å²) in [6, 6.07) is 10.2. The van der Waals surface area contributed by atoms with Crippen molar-refractivity contribution in [1.29, 1.82) is 0 Å². The second kappa shape index (κ2) is 13.1. The number of nitrogens with one attached hydrogen (secondary N) is 3. The van der Waals surface area contributed by atoms with E-state index in [2.05, 4.69) is 16.0 Å². The van der Waals surface area contributed by atoms with Crippen molar-refractivity contribution in [3.63, 3.8) is 0 Å². The molecule has 0 bridgehead atoms. The minimum absolute atomic E-state index is 0.00723. The number of hydrogen-bond donors (Lipinski definition) is 4. The monoisotopic (exact) mass is 513 g/mol. The van der Waals surface area contributed by atoms with Gasteiger partial charge >= 0.3 is 12.1 Å². The lowest BCUT2D eigenvalue weighted by Gasteiger charge is -2.23. The number of ether oxygens (including phenoxy) is 2. The first kappa shape index (κ1) is 28.8. The topological polar surface area (TPSA) is 160 Å². The average molecular weight is 514 g/mol. The van der Waals surface area contributed by atoms with Crippen molar-refractivity contribution >= 4 is 35.3 Å². The molecular formula is C26H31N3O8. The molecule has 0 aliphatic carbocycles. The van der Waals surface area contributed by atoms with Crippen molar-refractivity contribution in [3.05, 3.63) is 59.7 Å². The van der Waals surface area contributed by atoms with Crippen molar-refractivity contribution in [2.45, 2.75) is 45.8 Å². The third-order valence-electron chi connectivity index (χ3n) is 4.71. The van der Waals surface area contributed by atoms with Crippen LogP contribution >= 0.6 is 0 Å². The fraction of sp³-hybridized carbons (Fsp3) is 0.346. The molecule has 0 saturated heterocycles. The second-order valence-electron chi connectivity index (χ2n) is 8.91. The lowest BCUT2D eigenvalue weighted by atomic mass is 10.1. The van der Waals surface area contributed by atoms with Gasteiger partial charge in [0.1, 0.15) is 17.4 Å². The van der Waals surface area contributed by atoms with Crippen LogP contribution in [0.1, 0.15) is 54.8 Å². The molecule has 1 unspecified atom stereocenters. The van der Waals surface area contributed by atoms with Gasteiger partial charge in [-0.15, -0.1) is 0 Å². The molecule has 0 aliphatic rings. The molecule has 1 atom stereocenters. The normalized spacial score (nSPS) is 11.6. The number of para-hydroxylation sites is 1. The first-order valence-electron chi connectivity index (χ1n) is 11.5. The zero-order valence-corrected chi connectivity index (χ0v) is 21.1. The summed E-state index contributed by atoms with van der Waals surface area (Å²) < 4.78 is 10.2. The number of phenolic OH excluding ortho intramolecular Hbond substituents is 1. The molecule has 2 aromatic rings. The van der Waals surface area contributed by atoms with Gasteiger partial charge in [-0.3, -0.25) is 14.4 Å². The van der Waals surface area contributed by atoms with Crippen LogP contribution in [0.25, 0.3) is 0 Å². The largest absolute Gasteiger partial charge is 0.508 e. The molecule has 37 heavy (non-hydrogen) atoms. The number of phenols is 1. The Morgan fingerprint density at radius 1 is 0.973 bits per heavy atom. The molecule has 11 heteroatoms. The Morgan fingerprint density at radius 3 is 2.24 bits per heavy atom. The molecular weight excluding hydrogens is 482 g/mol. The van der Waals surface area contributed by atoms with Crippen molar-refractivity contribution in [2.75, 3.05) is 18.5 Å². The number of ketones is 1. The number of aromatic hydroxyl groups is 1. The summed E-state index contributed by atoms with van der Waals surface area (Å²) in [4.78, 5) is 62.5. The van der Waals surface area contributed by atoms with E-state index < -0.39 is 47.7 Å². The van der Waals surface area contributed by atoms with E-state index in [0.717, 1.165) is 0 Å². The van der Waals surface area contributed by atoms with Gasteiger partial charge in [-0.2, -0.15) is 0 Å². The number of benzene rings is 2. The number of anilines is 1. The Bertz CT molecular complexity index is 1140. The Morgan fingerprint density at radius 2 is 1.62 bits per heavy atom. The first-order valence-corrected chi connectivity index (χ1v) is 11.5. The van der Waals surface area contributed by atoms with Gasteiger partial charge in [0.2, 0.25) is 11.8 Å². The first-order chi connectivity index (χ1) is 17.4. The Hall–Kier alpha value is -4.41. The van der Waals surface area contributed by atoms with Gasteiger partial charge in [-0.1, -0.05) is 12.1 Å². The third-order valence-corrected chi connectivity index (χ3v) is 4.71. The van der Waals surface area contributed by atoms with Crippen molar-refractivity contribution in [1.82, 2.24) is 10.6 Å². The molecule has 4 N–H and O–H groups in total. The fourth-order valence-electron chi connectivity index (χ4n) is 3.04. The Labute approximate surface area is 214 Å². The maximum Gasteiger partial charge on any atom is 0.408 e. The summed E-state index contributed by atoms with van der Waals surface area (Å²) in [5.41, 5.74) is -0.363. The molecule has 3 amide bonds. The van der Waals surface area contributed by atoms with E-state index in [-0.39, 0.29) is 35.7 Å². The molecule has 0 spiro atoms. The second-order valence-corrected chi connectivity index (χ2v) is 8.91. The van der Waals surface area contributed by atoms with Crippen LogP contribution in [0, 0.1) is 0 Å². The van der Waals surface area contributed by atoms with Gasteiger partial charge in [-0.25, -0.2) is 9.59 Å². The van der Waals surface area contributed by atoms with E-state index in [1.165, 1.54) is 36.4 Å². The molecule has 2 rings (SSSR count). The number of carbonyl (C=O) groups is 5. The number of hydrogen-bond acceptors (Lipinski definition) is 8. The van der Waals surface area contributed by atoms with Crippen LogP contribution in [0.3, 0.4) is 0 Å². The molecule has 0 aromatic heterocycles. The van der Waals surface area contributed by atoms with Crippen LogP contribution in [-0.4, -0.2) is 59.6 Å². The van der Waals surface area contributed by atoms with Crippen LogP contribution in [0.4, 0.5) is 10.5 Å². The standard InChI is InChI=1S/C26H31N3O8/c1-5-36-24(34)18-8-6-7-9-19(18)28-23(33)20(29-25(35)37-26(2,3)4)14-22(32)27-15-21(31)16-10-12-17(30)13-11-16/h6-13,20,30H,5,14-15H2,1-4H3,(H,27,32)(H,28,33)(H,29,35). The molecule has 2 aromatic carbocycles. The van der Waals surface area contributed by atoms with Crippen LogP contribution in [0.2, 0.25) is 0 Å². The quantitative estimate of drug-likeness (QED) is 0.279. The van der Waals surface area contributed by atoms with E-state index in [0.29, 0.717) is 0 Å². The average Bonchev–Trinajstić information content (AvgIpc) is 2.82. The number of carbonyl (C=O) groups excluding carboxylic acids is 5. The predicted octanol–water partition coefficient (Wildman–Crippen LogP) is 2.79. The van der Waals surface area contributed by atoms with Crippen LogP contribution in [-0.2, 0) is 19.1 Å². The number of esters is 1. The van der Waals surface area contributed by atoms with E-state index in [1.807, 2.05) is 0 Å². The maximum absolute atomic E-state index is 13.1. The van der Waals surface area contributed by atoms with Gasteiger partial charge in [0.25, 0.3) is 0 Å². The third kappa shape index (κ3) is 9.63. The Balaban J connectivity index is 2.14. The lowest BCUT2D eigenvalue weighted by molar-refractivity contribution is -0.125. The summed E-state index contributed by atoms with van der Waals surface area (Å²) in [5.74, 6) is -2.56. The SMILES string of the molecule is CCOC(=O)c1ccccc1NC(=O)C(CC(=O)NCC(=O)c1ccc(O)cc1)NC(=O)OC(C)(C)C. The van der Waals surface area contributed by atoms with Gasteiger partial charge in [-0.05, 0) is 64.1 Å². The number of amides is 3. The highest BCUT2D eigenvalue weighted by molar-refractivity contribution is 6.05. The highest BCUT2D eigenvalue weighted by Crippen LogP contribution is 2.17. The van der Waals surface area contributed by atoms with Crippen LogP contribution in [0.5, 0.6) is 5.75 Å². The van der Waals surface area contributed by atoms with Gasteiger partial charge in [0.05, 0.1) is 30.8 Å². The van der Waals surface area contributed by atoms with Crippen LogP contribution in [0.15, 0.2) is 48.5 Å². The minimum atomic E-state index is -1.39. The van der Waals surface area contributed by atoms with E-state index >= 15 is 0 Å². The molecule has 0 heterocycles. The van der Waals surface area contributed by atoms with E-state index in [9.17, 15) is 29.1 Å². The number of rotatable bonds is 10. The minimum Gasteiger partial charge on any atom is -0.508 e. The molecule has 0 radical (unpaired) electrons. The van der Waals surface area contributed by atoms with E-state index in [4.69, 9.17) is 9.47 Å².